The average Bonchev–Trinajstić information content (AvgIpc) is 2.37. The van der Waals surface area contributed by atoms with Gasteiger partial charge in [0.1, 0.15) is 5.60 Å². The maximum absolute atomic E-state index is 12.1. The molecular weight excluding hydrogens is 272 g/mol. The molecule has 0 aromatic carbocycles. The van der Waals surface area contributed by atoms with Crippen molar-refractivity contribution in [3.05, 3.63) is 0 Å². The van der Waals surface area contributed by atoms with E-state index in [9.17, 15) is 9.59 Å². The van der Waals surface area contributed by atoms with Crippen molar-refractivity contribution in [2.45, 2.75) is 52.3 Å². The lowest BCUT2D eigenvalue weighted by Gasteiger charge is -2.38. The average molecular weight is 300 g/mol. The highest BCUT2D eigenvalue weighted by Crippen LogP contribution is 2.24. The summed E-state index contributed by atoms with van der Waals surface area (Å²) in [4.78, 5) is 25.6. The Morgan fingerprint density at radius 3 is 2.48 bits per heavy atom. The van der Waals surface area contributed by atoms with Crippen molar-refractivity contribution < 1.29 is 19.1 Å². The molecule has 0 aliphatic carbocycles. The van der Waals surface area contributed by atoms with Gasteiger partial charge in [-0.15, -0.1) is 0 Å². The molecule has 2 N–H and O–H groups in total. The van der Waals surface area contributed by atoms with Crippen LogP contribution in [0.5, 0.6) is 0 Å². The molecule has 3 atom stereocenters. The first-order valence-corrected chi connectivity index (χ1v) is 7.44. The maximum atomic E-state index is 12.1. The Morgan fingerprint density at radius 1 is 1.38 bits per heavy atom. The molecule has 21 heavy (non-hydrogen) atoms. The molecule has 1 aliphatic heterocycles. The van der Waals surface area contributed by atoms with Gasteiger partial charge in [-0.25, -0.2) is 0 Å². The summed E-state index contributed by atoms with van der Waals surface area (Å²) in [5.74, 6) is -0.807. The van der Waals surface area contributed by atoms with Gasteiger partial charge in [0.2, 0.25) is 0 Å². The molecule has 1 saturated heterocycles. The van der Waals surface area contributed by atoms with Crippen LogP contribution in [0.1, 0.15) is 40.5 Å². The van der Waals surface area contributed by atoms with Crippen LogP contribution < -0.4 is 5.73 Å². The van der Waals surface area contributed by atoms with Crippen LogP contribution in [-0.4, -0.2) is 48.8 Å². The highest BCUT2D eigenvalue weighted by atomic mass is 16.6. The van der Waals surface area contributed by atoms with Crippen LogP contribution in [0.4, 0.5) is 0 Å². The normalized spacial score (nSPS) is 25.2. The standard InChI is InChI=1S/C15H28N2O4/c1-10(13(18)20-5)9-17-7-6-11(8-12(17)16)14(19)21-15(2,3)4/h10-12H,6-9,16H2,1-5H3. The molecule has 0 aromatic heterocycles. The lowest BCUT2D eigenvalue weighted by Crippen LogP contribution is -2.51. The van der Waals surface area contributed by atoms with Gasteiger partial charge in [0.15, 0.2) is 0 Å². The second-order valence-corrected chi connectivity index (χ2v) is 6.74. The van der Waals surface area contributed by atoms with Crippen molar-refractivity contribution in [2.75, 3.05) is 20.2 Å². The van der Waals surface area contributed by atoms with Crippen LogP contribution in [0.25, 0.3) is 0 Å². The number of methoxy groups -OCH3 is 1. The molecule has 1 rings (SSSR count). The molecule has 0 amide bonds. The zero-order chi connectivity index (χ0) is 16.2. The molecule has 0 aromatic rings. The van der Waals surface area contributed by atoms with Crippen LogP contribution in [0, 0.1) is 11.8 Å². The largest absolute Gasteiger partial charge is 0.469 e. The Morgan fingerprint density at radius 2 is 2.00 bits per heavy atom. The Bertz CT molecular complexity index is 378. The summed E-state index contributed by atoms with van der Waals surface area (Å²) in [7, 11) is 1.38. The van der Waals surface area contributed by atoms with E-state index in [0.29, 0.717) is 25.9 Å². The van der Waals surface area contributed by atoms with E-state index in [2.05, 4.69) is 0 Å². The first-order valence-electron chi connectivity index (χ1n) is 7.44. The second-order valence-electron chi connectivity index (χ2n) is 6.74. The van der Waals surface area contributed by atoms with Gasteiger partial charge in [-0.05, 0) is 33.6 Å². The van der Waals surface area contributed by atoms with E-state index in [4.69, 9.17) is 15.2 Å². The molecular formula is C15H28N2O4. The molecule has 1 heterocycles. The van der Waals surface area contributed by atoms with Gasteiger partial charge >= 0.3 is 11.9 Å². The minimum absolute atomic E-state index is 0.163. The fraction of sp³-hybridized carbons (Fsp3) is 0.867. The molecule has 6 heteroatoms. The third-order valence-corrected chi connectivity index (χ3v) is 3.61. The maximum Gasteiger partial charge on any atom is 0.309 e. The summed E-state index contributed by atoms with van der Waals surface area (Å²) in [6.07, 6.45) is 1.03. The van der Waals surface area contributed by atoms with Crippen LogP contribution in [0.2, 0.25) is 0 Å². The van der Waals surface area contributed by atoms with Crippen LogP contribution in [-0.2, 0) is 19.1 Å². The lowest BCUT2D eigenvalue weighted by molar-refractivity contribution is -0.163. The van der Waals surface area contributed by atoms with E-state index in [-0.39, 0.29) is 29.9 Å². The Balaban J connectivity index is 2.50. The fourth-order valence-electron chi connectivity index (χ4n) is 2.50. The number of rotatable bonds is 4. The second kappa shape index (κ2) is 7.22. The Labute approximate surface area is 126 Å². The van der Waals surface area contributed by atoms with Gasteiger partial charge < -0.3 is 15.2 Å². The zero-order valence-corrected chi connectivity index (χ0v) is 13.7. The molecule has 3 unspecified atom stereocenters. The molecule has 122 valence electrons. The van der Waals surface area contributed by atoms with E-state index in [1.54, 1.807) is 0 Å². The van der Waals surface area contributed by atoms with E-state index < -0.39 is 5.60 Å². The van der Waals surface area contributed by atoms with Crippen molar-refractivity contribution in [3.63, 3.8) is 0 Å². The number of nitrogens with zero attached hydrogens (tertiary/aromatic N) is 1. The quantitative estimate of drug-likeness (QED) is 0.784. The van der Waals surface area contributed by atoms with Gasteiger partial charge in [0, 0.05) is 13.1 Å². The van der Waals surface area contributed by atoms with Crippen molar-refractivity contribution in [2.24, 2.45) is 17.6 Å². The minimum Gasteiger partial charge on any atom is -0.469 e. The van der Waals surface area contributed by atoms with Crippen LogP contribution in [0.3, 0.4) is 0 Å². The lowest BCUT2D eigenvalue weighted by atomic mass is 9.93. The van der Waals surface area contributed by atoms with E-state index in [0.717, 1.165) is 0 Å². The van der Waals surface area contributed by atoms with Crippen molar-refractivity contribution in [1.29, 1.82) is 0 Å². The highest BCUT2D eigenvalue weighted by molar-refractivity contribution is 5.73. The monoisotopic (exact) mass is 300 g/mol. The fourth-order valence-corrected chi connectivity index (χ4v) is 2.50. The summed E-state index contributed by atoms with van der Waals surface area (Å²) in [5.41, 5.74) is 5.65. The van der Waals surface area contributed by atoms with Gasteiger partial charge in [-0.2, -0.15) is 0 Å². The predicted octanol–water partition coefficient (Wildman–Crippen LogP) is 1.13. The summed E-state index contributed by atoms with van der Waals surface area (Å²) >= 11 is 0. The number of piperidine rings is 1. The van der Waals surface area contributed by atoms with E-state index in [1.165, 1.54) is 7.11 Å². The number of carbonyl (C=O) groups is 2. The topological polar surface area (TPSA) is 81.9 Å². The summed E-state index contributed by atoms with van der Waals surface area (Å²) in [6.45, 7) is 8.63. The summed E-state index contributed by atoms with van der Waals surface area (Å²) in [6, 6.07) is 0. The first kappa shape index (κ1) is 17.9. The van der Waals surface area contributed by atoms with E-state index in [1.807, 2.05) is 32.6 Å². The first-order chi connectivity index (χ1) is 9.64. The van der Waals surface area contributed by atoms with Crippen molar-refractivity contribution in [3.8, 4) is 0 Å². The molecule has 1 fully saturated rings. The molecule has 1 aliphatic rings. The number of likely N-dealkylation sites (tertiary alicyclic amines) is 1. The van der Waals surface area contributed by atoms with Crippen LogP contribution in [0.15, 0.2) is 0 Å². The number of esters is 2. The third kappa shape index (κ3) is 5.63. The minimum atomic E-state index is -0.474. The molecule has 0 radical (unpaired) electrons. The SMILES string of the molecule is COC(=O)C(C)CN1CCC(C(=O)OC(C)(C)C)CC1N. The number of carbonyl (C=O) groups excluding carboxylic acids is 2. The van der Waals surface area contributed by atoms with Gasteiger partial charge in [0.05, 0.1) is 25.1 Å². The zero-order valence-electron chi connectivity index (χ0n) is 13.7. The van der Waals surface area contributed by atoms with E-state index >= 15 is 0 Å². The molecule has 0 spiro atoms. The highest BCUT2D eigenvalue weighted by Gasteiger charge is 2.34. The third-order valence-electron chi connectivity index (χ3n) is 3.61. The van der Waals surface area contributed by atoms with Gasteiger partial charge in [-0.3, -0.25) is 14.5 Å². The van der Waals surface area contributed by atoms with Gasteiger partial charge in [-0.1, -0.05) is 6.92 Å². The molecule has 6 nitrogen and oxygen atoms in total. The summed E-state index contributed by atoms with van der Waals surface area (Å²) < 4.78 is 10.1. The molecule has 0 bridgehead atoms. The van der Waals surface area contributed by atoms with Crippen molar-refractivity contribution in [1.82, 2.24) is 4.90 Å². The number of nitrogens with two attached hydrogens (primary N) is 1. The number of ether oxygens (including phenoxy) is 2. The van der Waals surface area contributed by atoms with Crippen molar-refractivity contribution >= 4 is 11.9 Å². The number of hydrogen-bond acceptors (Lipinski definition) is 6. The van der Waals surface area contributed by atoms with Crippen LogP contribution >= 0.6 is 0 Å². The Hall–Kier alpha value is -1.14. The predicted molar refractivity (Wildman–Crippen MR) is 79.3 cm³/mol. The summed E-state index contributed by atoms with van der Waals surface area (Å²) in [5, 5.41) is 0. The smallest absolute Gasteiger partial charge is 0.309 e. The molecule has 0 saturated carbocycles. The van der Waals surface area contributed by atoms with Gasteiger partial charge in [0.25, 0.3) is 0 Å². The Kier molecular flexibility index (Phi) is 6.16. The number of hydrogen-bond donors (Lipinski definition) is 1.